The maximum Gasteiger partial charge on any atom is 0.271 e. The number of piperidine rings is 2. The van der Waals surface area contributed by atoms with Gasteiger partial charge in [0.15, 0.2) is 0 Å². The zero-order chi connectivity index (χ0) is 18.6. The van der Waals surface area contributed by atoms with E-state index in [0.717, 1.165) is 25.1 Å². The molecule has 0 aliphatic carbocycles. The molecule has 2 aromatic rings. The highest BCUT2D eigenvalue weighted by molar-refractivity contribution is 5.92. The van der Waals surface area contributed by atoms with E-state index in [-0.39, 0.29) is 11.9 Å². The second-order valence-corrected chi connectivity index (χ2v) is 7.46. The zero-order valence-corrected chi connectivity index (χ0v) is 15.7. The van der Waals surface area contributed by atoms with Gasteiger partial charge in [0.2, 0.25) is 0 Å². The summed E-state index contributed by atoms with van der Waals surface area (Å²) in [5, 5.41) is 3.18. The van der Waals surface area contributed by atoms with Crippen LogP contribution in [0.5, 0.6) is 5.75 Å². The van der Waals surface area contributed by atoms with E-state index in [4.69, 9.17) is 4.74 Å². The van der Waals surface area contributed by atoms with Crippen molar-refractivity contribution in [1.29, 1.82) is 0 Å². The monoisotopic (exact) mass is 366 g/mol. The molecule has 0 unspecified atom stereocenters. The molecule has 6 heteroatoms. The Morgan fingerprint density at radius 3 is 2.70 bits per heavy atom. The minimum Gasteiger partial charge on any atom is -0.496 e. The molecule has 2 bridgehead atoms. The quantitative estimate of drug-likeness (QED) is 0.881. The van der Waals surface area contributed by atoms with Gasteiger partial charge in [-0.2, -0.15) is 0 Å². The lowest BCUT2D eigenvalue weighted by Gasteiger charge is -2.49. The Labute approximate surface area is 160 Å². The van der Waals surface area contributed by atoms with E-state index in [1.54, 1.807) is 19.5 Å². The Kier molecular flexibility index (Phi) is 5.34. The Hall–Kier alpha value is -2.47. The minimum atomic E-state index is -0.121. The molecule has 2 aliphatic rings. The molecule has 1 aromatic carbocycles. The van der Waals surface area contributed by atoms with E-state index >= 15 is 0 Å². The van der Waals surface area contributed by atoms with Gasteiger partial charge in [0, 0.05) is 42.6 Å². The number of hydrogen-bond donors (Lipinski definition) is 1. The molecule has 4 rings (SSSR count). The summed E-state index contributed by atoms with van der Waals surface area (Å²) in [6.45, 7) is 0.907. The van der Waals surface area contributed by atoms with Gasteiger partial charge in [0.1, 0.15) is 11.4 Å². The summed E-state index contributed by atoms with van der Waals surface area (Å²) >= 11 is 0. The number of nitrogens with one attached hydrogen (secondary N) is 1. The van der Waals surface area contributed by atoms with E-state index in [1.807, 2.05) is 12.1 Å². The number of amides is 1. The van der Waals surface area contributed by atoms with Crippen LogP contribution in [-0.4, -0.2) is 46.0 Å². The van der Waals surface area contributed by atoms with Crippen molar-refractivity contribution in [3.8, 4) is 5.75 Å². The van der Waals surface area contributed by atoms with Crippen LogP contribution in [0.1, 0.15) is 48.2 Å². The van der Waals surface area contributed by atoms with Crippen molar-refractivity contribution >= 4 is 5.91 Å². The molecule has 2 atom stereocenters. The Bertz CT molecular complexity index is 769. The van der Waals surface area contributed by atoms with Crippen LogP contribution in [0.25, 0.3) is 0 Å². The van der Waals surface area contributed by atoms with E-state index < -0.39 is 0 Å². The third kappa shape index (κ3) is 3.95. The highest BCUT2D eigenvalue weighted by atomic mass is 16.5. The number of methoxy groups -OCH3 is 1. The number of ether oxygens (including phenoxy) is 1. The Morgan fingerprint density at radius 2 is 2.00 bits per heavy atom. The fraction of sp³-hybridized carbons (Fsp3) is 0.476. The topological polar surface area (TPSA) is 67.3 Å². The van der Waals surface area contributed by atoms with Crippen molar-refractivity contribution in [1.82, 2.24) is 20.2 Å². The summed E-state index contributed by atoms with van der Waals surface area (Å²) in [6, 6.07) is 9.45. The lowest BCUT2D eigenvalue weighted by atomic mass is 9.81. The maximum absolute atomic E-state index is 12.4. The van der Waals surface area contributed by atoms with Crippen molar-refractivity contribution in [2.45, 2.75) is 56.8 Å². The summed E-state index contributed by atoms with van der Waals surface area (Å²) in [5.41, 5.74) is 1.62. The molecule has 1 aromatic heterocycles. The van der Waals surface area contributed by atoms with E-state index in [9.17, 15) is 4.79 Å². The van der Waals surface area contributed by atoms with Crippen molar-refractivity contribution in [2.24, 2.45) is 0 Å². The van der Waals surface area contributed by atoms with Crippen LogP contribution in [0.4, 0.5) is 0 Å². The number of carbonyl (C=O) groups excluding carboxylic acids is 1. The zero-order valence-electron chi connectivity index (χ0n) is 15.7. The molecule has 0 spiro atoms. The maximum atomic E-state index is 12.4. The number of fused-ring (bicyclic) bond motifs is 2. The first-order valence-corrected chi connectivity index (χ1v) is 9.69. The third-order valence-electron chi connectivity index (χ3n) is 5.80. The lowest BCUT2D eigenvalue weighted by Crippen LogP contribution is -2.56. The molecule has 27 heavy (non-hydrogen) atoms. The highest BCUT2D eigenvalue weighted by Gasteiger charge is 2.39. The number of aromatic nitrogens is 2. The SMILES string of the molecule is COc1ccccc1CN1[C@H]2CCC[C@H]1CC(NC(=O)c1cnccn1)C2. The standard InChI is InChI=1S/C21H26N4O2/c1-27-20-8-3-2-5-15(20)14-25-17-6-4-7-18(25)12-16(11-17)24-21(26)19-13-22-9-10-23-19/h2-3,5,8-10,13,16-18H,4,6-7,11-12,14H2,1H3,(H,24,26)/t17-,18-/m0/s1. The smallest absolute Gasteiger partial charge is 0.271 e. The second kappa shape index (κ2) is 8.05. The van der Waals surface area contributed by atoms with Crippen LogP contribution in [-0.2, 0) is 6.54 Å². The summed E-state index contributed by atoms with van der Waals surface area (Å²) < 4.78 is 5.54. The van der Waals surface area contributed by atoms with Gasteiger partial charge in [-0.05, 0) is 31.7 Å². The molecule has 2 aliphatic heterocycles. The largest absolute Gasteiger partial charge is 0.496 e. The molecule has 0 radical (unpaired) electrons. The molecular weight excluding hydrogens is 340 g/mol. The summed E-state index contributed by atoms with van der Waals surface area (Å²) in [5.74, 6) is 0.831. The number of hydrogen-bond acceptors (Lipinski definition) is 5. The normalized spacial score (nSPS) is 25.0. The van der Waals surface area contributed by atoms with Gasteiger partial charge in [0.05, 0.1) is 13.3 Å². The van der Waals surface area contributed by atoms with Gasteiger partial charge in [0.25, 0.3) is 5.91 Å². The molecule has 1 amide bonds. The van der Waals surface area contributed by atoms with E-state index in [2.05, 4.69) is 32.3 Å². The molecule has 2 saturated heterocycles. The highest BCUT2D eigenvalue weighted by Crippen LogP contribution is 2.36. The Balaban J connectivity index is 1.44. The first-order valence-electron chi connectivity index (χ1n) is 9.69. The second-order valence-electron chi connectivity index (χ2n) is 7.46. The number of para-hydroxylation sites is 1. The van der Waals surface area contributed by atoms with Gasteiger partial charge >= 0.3 is 0 Å². The van der Waals surface area contributed by atoms with Gasteiger partial charge in [-0.1, -0.05) is 24.6 Å². The van der Waals surface area contributed by atoms with Crippen molar-refractivity contribution in [3.05, 3.63) is 54.1 Å². The lowest BCUT2D eigenvalue weighted by molar-refractivity contribution is 0.0172. The summed E-state index contributed by atoms with van der Waals surface area (Å²) in [6.07, 6.45) is 10.3. The fourth-order valence-corrected chi connectivity index (χ4v) is 4.56. The van der Waals surface area contributed by atoms with Gasteiger partial charge in [-0.3, -0.25) is 14.7 Å². The van der Waals surface area contributed by atoms with Gasteiger partial charge in [-0.15, -0.1) is 0 Å². The number of benzene rings is 1. The number of rotatable bonds is 5. The molecule has 142 valence electrons. The summed E-state index contributed by atoms with van der Waals surface area (Å²) in [4.78, 5) is 23.2. The van der Waals surface area contributed by atoms with E-state index in [0.29, 0.717) is 17.8 Å². The van der Waals surface area contributed by atoms with Gasteiger partial charge < -0.3 is 10.1 Å². The average molecular weight is 366 g/mol. The molecule has 3 heterocycles. The predicted molar refractivity (Wildman–Crippen MR) is 102 cm³/mol. The molecular formula is C21H26N4O2. The number of carbonyl (C=O) groups is 1. The van der Waals surface area contributed by atoms with Crippen LogP contribution in [0.3, 0.4) is 0 Å². The first kappa shape index (κ1) is 17.9. The van der Waals surface area contributed by atoms with Crippen LogP contribution < -0.4 is 10.1 Å². The molecule has 2 fully saturated rings. The van der Waals surface area contributed by atoms with Crippen LogP contribution >= 0.6 is 0 Å². The van der Waals surface area contributed by atoms with E-state index in [1.165, 1.54) is 31.0 Å². The predicted octanol–water partition coefficient (Wildman–Crippen LogP) is 2.80. The molecule has 6 nitrogen and oxygen atoms in total. The van der Waals surface area contributed by atoms with Crippen molar-refractivity contribution in [2.75, 3.05) is 7.11 Å². The minimum absolute atomic E-state index is 0.121. The van der Waals surface area contributed by atoms with Crippen molar-refractivity contribution < 1.29 is 9.53 Å². The average Bonchev–Trinajstić information content (AvgIpc) is 2.69. The van der Waals surface area contributed by atoms with Crippen LogP contribution in [0.15, 0.2) is 42.9 Å². The van der Waals surface area contributed by atoms with Crippen LogP contribution in [0, 0.1) is 0 Å². The van der Waals surface area contributed by atoms with Crippen molar-refractivity contribution in [3.63, 3.8) is 0 Å². The van der Waals surface area contributed by atoms with Gasteiger partial charge in [-0.25, -0.2) is 4.98 Å². The van der Waals surface area contributed by atoms with Crippen LogP contribution in [0.2, 0.25) is 0 Å². The molecule has 1 N–H and O–H groups in total. The summed E-state index contributed by atoms with van der Waals surface area (Å²) in [7, 11) is 1.73. The molecule has 0 saturated carbocycles. The fourth-order valence-electron chi connectivity index (χ4n) is 4.56. The first-order chi connectivity index (χ1) is 13.2. The number of nitrogens with zero attached hydrogens (tertiary/aromatic N) is 3. The Morgan fingerprint density at radius 1 is 1.22 bits per heavy atom. The third-order valence-corrected chi connectivity index (χ3v) is 5.80.